The first-order valence-corrected chi connectivity index (χ1v) is 7.84. The molecule has 0 fully saturated rings. The second-order valence-corrected chi connectivity index (χ2v) is 5.41. The fourth-order valence-corrected chi connectivity index (χ4v) is 2.73. The van der Waals surface area contributed by atoms with E-state index >= 15 is 0 Å². The number of hydrogen-bond acceptors (Lipinski definition) is 4. The van der Waals surface area contributed by atoms with Crippen molar-refractivity contribution < 1.29 is 4.74 Å². The monoisotopic (exact) mass is 318 g/mol. The summed E-state index contributed by atoms with van der Waals surface area (Å²) in [6, 6.07) is 20.1. The molecule has 0 unspecified atom stereocenters. The van der Waals surface area contributed by atoms with Gasteiger partial charge in [0, 0.05) is 12.1 Å². The average Bonchev–Trinajstić information content (AvgIpc) is 3.05. The smallest absolute Gasteiger partial charge is 0.190 e. The van der Waals surface area contributed by atoms with E-state index < -0.39 is 0 Å². The molecule has 1 aromatic heterocycles. The molecule has 0 bridgehead atoms. The number of nitriles is 1. The Hall–Kier alpha value is -3.13. The molecule has 1 heterocycles. The molecule has 3 rings (SSSR count). The molecule has 0 saturated carbocycles. The number of methoxy groups -OCH3 is 1. The molecule has 0 radical (unpaired) electrons. The molecule has 5 nitrogen and oxygen atoms in total. The summed E-state index contributed by atoms with van der Waals surface area (Å²) in [4.78, 5) is 0. The Kier molecular flexibility index (Phi) is 4.87. The van der Waals surface area contributed by atoms with Crippen molar-refractivity contribution in [2.24, 2.45) is 0 Å². The predicted octanol–water partition coefficient (Wildman–Crippen LogP) is 3.46. The van der Waals surface area contributed by atoms with Gasteiger partial charge in [-0.05, 0) is 30.5 Å². The number of para-hydroxylation sites is 1. The van der Waals surface area contributed by atoms with Crippen molar-refractivity contribution in [3.63, 3.8) is 0 Å². The highest BCUT2D eigenvalue weighted by atomic mass is 16.5. The van der Waals surface area contributed by atoms with Crippen LogP contribution in [0.5, 0.6) is 5.75 Å². The fraction of sp³-hybridized carbons (Fsp3) is 0.211. The lowest BCUT2D eigenvalue weighted by molar-refractivity contribution is 0.415. The minimum absolute atomic E-state index is 0.319. The van der Waals surface area contributed by atoms with E-state index in [0.29, 0.717) is 23.7 Å². The van der Waals surface area contributed by atoms with Crippen molar-refractivity contribution in [3.8, 4) is 23.1 Å². The van der Waals surface area contributed by atoms with Gasteiger partial charge < -0.3 is 4.74 Å². The normalized spacial score (nSPS) is 10.3. The molecular weight excluding hydrogens is 300 g/mol. The fourth-order valence-electron chi connectivity index (χ4n) is 2.73. The van der Waals surface area contributed by atoms with Crippen molar-refractivity contribution in [1.29, 1.82) is 5.26 Å². The molecule has 0 aliphatic rings. The zero-order valence-electron chi connectivity index (χ0n) is 13.5. The first kappa shape index (κ1) is 15.8. The molecule has 3 aromatic rings. The van der Waals surface area contributed by atoms with Gasteiger partial charge >= 0.3 is 0 Å². The number of hydrogen-bond donors (Lipinski definition) is 0. The molecule has 0 amide bonds. The van der Waals surface area contributed by atoms with Crippen LogP contribution in [0.1, 0.15) is 17.7 Å². The third kappa shape index (κ3) is 3.28. The molecule has 0 aliphatic carbocycles. The van der Waals surface area contributed by atoms with Crippen LogP contribution in [0.2, 0.25) is 0 Å². The Morgan fingerprint density at radius 2 is 1.83 bits per heavy atom. The zero-order valence-corrected chi connectivity index (χ0v) is 13.5. The van der Waals surface area contributed by atoms with Crippen LogP contribution in [0.25, 0.3) is 11.3 Å². The highest BCUT2D eigenvalue weighted by molar-refractivity contribution is 5.71. The molecule has 5 heteroatoms. The molecule has 0 aliphatic heterocycles. The van der Waals surface area contributed by atoms with Gasteiger partial charge in [0.15, 0.2) is 5.69 Å². The minimum Gasteiger partial charge on any atom is -0.496 e. The van der Waals surface area contributed by atoms with Crippen LogP contribution in [0.4, 0.5) is 0 Å². The number of ether oxygens (including phenoxy) is 1. The van der Waals surface area contributed by atoms with Gasteiger partial charge in [0.25, 0.3) is 0 Å². The number of rotatable bonds is 6. The lowest BCUT2D eigenvalue weighted by atomic mass is 10.1. The van der Waals surface area contributed by atoms with Crippen LogP contribution < -0.4 is 4.74 Å². The third-order valence-corrected chi connectivity index (χ3v) is 3.88. The van der Waals surface area contributed by atoms with E-state index in [2.05, 4.69) is 28.5 Å². The maximum atomic E-state index is 9.35. The van der Waals surface area contributed by atoms with Gasteiger partial charge in [-0.2, -0.15) is 5.26 Å². The second kappa shape index (κ2) is 7.42. The summed E-state index contributed by atoms with van der Waals surface area (Å²) in [6.45, 7) is 0.691. The van der Waals surface area contributed by atoms with Gasteiger partial charge in [-0.3, -0.25) is 0 Å². The molecule has 120 valence electrons. The standard InChI is InChI=1S/C19H18N4O/c1-24-18-12-6-5-11-16(18)19-17(14-20)21-22-23(19)13-7-10-15-8-3-2-4-9-15/h2-6,8-9,11-12H,7,10,13H2,1H3. The Morgan fingerprint density at radius 3 is 2.58 bits per heavy atom. The molecule has 0 saturated heterocycles. The summed E-state index contributed by atoms with van der Waals surface area (Å²) in [5.41, 5.74) is 3.15. The Morgan fingerprint density at radius 1 is 1.08 bits per heavy atom. The molecular formula is C19H18N4O. The van der Waals surface area contributed by atoms with Crippen molar-refractivity contribution in [1.82, 2.24) is 15.0 Å². The van der Waals surface area contributed by atoms with E-state index in [1.165, 1.54) is 5.56 Å². The molecule has 0 spiro atoms. The quantitative estimate of drug-likeness (QED) is 0.698. The van der Waals surface area contributed by atoms with Crippen LogP contribution in [0, 0.1) is 11.3 Å². The number of nitrogens with zero attached hydrogens (tertiary/aromatic N) is 4. The topological polar surface area (TPSA) is 63.7 Å². The van der Waals surface area contributed by atoms with E-state index in [0.717, 1.165) is 18.4 Å². The number of benzene rings is 2. The third-order valence-electron chi connectivity index (χ3n) is 3.88. The summed E-state index contributed by atoms with van der Waals surface area (Å²) in [5.74, 6) is 0.709. The van der Waals surface area contributed by atoms with Gasteiger partial charge in [0.05, 0.1) is 7.11 Å². The highest BCUT2D eigenvalue weighted by Crippen LogP contribution is 2.31. The second-order valence-electron chi connectivity index (χ2n) is 5.41. The lowest BCUT2D eigenvalue weighted by Crippen LogP contribution is -2.05. The van der Waals surface area contributed by atoms with Gasteiger partial charge in [0.2, 0.25) is 0 Å². The first-order valence-electron chi connectivity index (χ1n) is 7.84. The van der Waals surface area contributed by atoms with E-state index in [1.54, 1.807) is 11.8 Å². The maximum absolute atomic E-state index is 9.35. The Bertz CT molecular complexity index is 849. The lowest BCUT2D eigenvalue weighted by Gasteiger charge is -2.10. The van der Waals surface area contributed by atoms with Crippen LogP contribution in [0.15, 0.2) is 54.6 Å². The van der Waals surface area contributed by atoms with E-state index in [9.17, 15) is 5.26 Å². The van der Waals surface area contributed by atoms with Gasteiger partial charge in [-0.15, -0.1) is 5.10 Å². The first-order chi connectivity index (χ1) is 11.8. The molecule has 0 atom stereocenters. The van der Waals surface area contributed by atoms with Gasteiger partial charge in [-0.25, -0.2) is 4.68 Å². The number of aryl methyl sites for hydroxylation is 2. The van der Waals surface area contributed by atoms with Crippen LogP contribution in [-0.4, -0.2) is 22.1 Å². The van der Waals surface area contributed by atoms with E-state index in [-0.39, 0.29) is 0 Å². The van der Waals surface area contributed by atoms with Crippen molar-refractivity contribution >= 4 is 0 Å². The van der Waals surface area contributed by atoms with Crippen molar-refractivity contribution in [2.45, 2.75) is 19.4 Å². The highest BCUT2D eigenvalue weighted by Gasteiger charge is 2.17. The molecule has 24 heavy (non-hydrogen) atoms. The summed E-state index contributed by atoms with van der Waals surface area (Å²) in [5, 5.41) is 17.5. The number of aromatic nitrogens is 3. The van der Waals surface area contributed by atoms with Crippen LogP contribution in [-0.2, 0) is 13.0 Å². The summed E-state index contributed by atoms with van der Waals surface area (Å²) >= 11 is 0. The van der Waals surface area contributed by atoms with E-state index in [1.807, 2.05) is 42.5 Å². The molecule has 0 N–H and O–H groups in total. The largest absolute Gasteiger partial charge is 0.496 e. The Labute approximate surface area is 141 Å². The van der Waals surface area contributed by atoms with Crippen LogP contribution >= 0.6 is 0 Å². The zero-order chi connectivity index (χ0) is 16.8. The van der Waals surface area contributed by atoms with Crippen molar-refractivity contribution in [3.05, 3.63) is 65.9 Å². The van der Waals surface area contributed by atoms with Gasteiger partial charge in [-0.1, -0.05) is 47.7 Å². The van der Waals surface area contributed by atoms with Crippen molar-refractivity contribution in [2.75, 3.05) is 7.11 Å². The predicted molar refractivity (Wildman–Crippen MR) is 91.5 cm³/mol. The summed E-state index contributed by atoms with van der Waals surface area (Å²) in [7, 11) is 1.62. The van der Waals surface area contributed by atoms with Gasteiger partial charge in [0.1, 0.15) is 17.5 Å². The SMILES string of the molecule is COc1ccccc1-c1c(C#N)nnn1CCCc1ccccc1. The van der Waals surface area contributed by atoms with Crippen LogP contribution in [0.3, 0.4) is 0 Å². The molecule has 2 aromatic carbocycles. The van der Waals surface area contributed by atoms with E-state index in [4.69, 9.17) is 4.74 Å². The summed E-state index contributed by atoms with van der Waals surface area (Å²) in [6.07, 6.45) is 1.87. The average molecular weight is 318 g/mol. The Balaban J connectivity index is 1.84. The maximum Gasteiger partial charge on any atom is 0.190 e. The summed E-state index contributed by atoms with van der Waals surface area (Å²) < 4.78 is 7.21. The minimum atomic E-state index is 0.319.